The van der Waals surface area contributed by atoms with Crippen molar-refractivity contribution < 1.29 is 18.7 Å². The fourth-order valence-corrected chi connectivity index (χ4v) is 3.62. The molecule has 4 aromatic rings. The minimum atomic E-state index is -0.599. The highest BCUT2D eigenvalue weighted by Gasteiger charge is 2.20. The number of hydrogen-bond acceptors (Lipinski definition) is 3. The molecule has 0 spiro atoms. The largest absolute Gasteiger partial charge is 0.462 e. The predicted octanol–water partition coefficient (Wildman–Crippen LogP) is 5.83. The second kappa shape index (κ2) is 8.13. The van der Waals surface area contributed by atoms with Crippen LogP contribution in [0, 0.1) is 5.82 Å². The molecular weight excluding hydrogens is 405 g/mol. The van der Waals surface area contributed by atoms with Crippen LogP contribution in [0.4, 0.5) is 4.39 Å². The van der Waals surface area contributed by atoms with Crippen molar-refractivity contribution in [3.05, 3.63) is 100 Å². The summed E-state index contributed by atoms with van der Waals surface area (Å²) < 4.78 is 21.5. The lowest BCUT2D eigenvalue weighted by atomic mass is 10.0. The molecule has 0 saturated heterocycles. The summed E-state index contributed by atoms with van der Waals surface area (Å²) in [5.41, 5.74) is 1.79. The molecule has 0 amide bonds. The van der Waals surface area contributed by atoms with Gasteiger partial charge in [-0.3, -0.25) is 4.79 Å². The van der Waals surface area contributed by atoms with Gasteiger partial charge in [0.1, 0.15) is 5.82 Å². The lowest BCUT2D eigenvalue weighted by molar-refractivity contribution is 0.0525. The maximum absolute atomic E-state index is 14.9. The number of ketones is 1. The summed E-state index contributed by atoms with van der Waals surface area (Å²) >= 11 is 6.21. The van der Waals surface area contributed by atoms with E-state index in [1.165, 1.54) is 12.1 Å². The number of hydrogen-bond donors (Lipinski definition) is 0. The zero-order valence-corrected chi connectivity index (χ0v) is 16.8. The van der Waals surface area contributed by atoms with Gasteiger partial charge in [-0.1, -0.05) is 41.9 Å². The Morgan fingerprint density at radius 3 is 2.47 bits per heavy atom. The number of esters is 1. The van der Waals surface area contributed by atoms with Gasteiger partial charge in [-0.15, -0.1) is 0 Å². The summed E-state index contributed by atoms with van der Waals surface area (Å²) in [6.45, 7) is 1.89. The molecule has 0 aliphatic heterocycles. The summed E-state index contributed by atoms with van der Waals surface area (Å²) in [6.07, 6.45) is 1.60. The van der Waals surface area contributed by atoms with E-state index in [0.717, 1.165) is 6.07 Å². The van der Waals surface area contributed by atoms with Crippen molar-refractivity contribution >= 4 is 34.3 Å². The quantitative estimate of drug-likeness (QED) is 0.301. The standard InChI is InChI=1S/C24H17ClFNO3/c1-2-30-24(29)15-11-12-22(20(26)13-15)27-14-18(16-7-4-6-10-21(16)27)23(28)17-8-3-5-9-19(17)25/h3-14H,2H2,1H3. The summed E-state index contributed by atoms with van der Waals surface area (Å²) in [4.78, 5) is 25.1. The van der Waals surface area contributed by atoms with Gasteiger partial charge in [0.2, 0.25) is 0 Å². The average molecular weight is 422 g/mol. The SMILES string of the molecule is CCOC(=O)c1ccc(-n2cc(C(=O)c3ccccc3Cl)c3ccccc32)c(F)c1. The van der Waals surface area contributed by atoms with E-state index >= 15 is 0 Å². The first kappa shape index (κ1) is 19.9. The van der Waals surface area contributed by atoms with E-state index in [0.29, 0.717) is 27.1 Å². The monoisotopic (exact) mass is 421 g/mol. The molecular formula is C24H17ClFNO3. The number of carbonyl (C=O) groups is 2. The first-order valence-corrected chi connectivity index (χ1v) is 9.75. The van der Waals surface area contributed by atoms with Gasteiger partial charge in [-0.05, 0) is 43.3 Å². The van der Waals surface area contributed by atoms with Gasteiger partial charge in [0.05, 0.1) is 28.4 Å². The molecule has 30 heavy (non-hydrogen) atoms. The maximum Gasteiger partial charge on any atom is 0.338 e. The first-order valence-electron chi connectivity index (χ1n) is 9.37. The van der Waals surface area contributed by atoms with E-state index in [9.17, 15) is 14.0 Å². The van der Waals surface area contributed by atoms with Crippen molar-refractivity contribution in [2.75, 3.05) is 6.61 Å². The molecule has 150 valence electrons. The van der Waals surface area contributed by atoms with E-state index in [2.05, 4.69) is 0 Å². The zero-order chi connectivity index (χ0) is 21.3. The molecule has 0 radical (unpaired) electrons. The van der Waals surface area contributed by atoms with Crippen molar-refractivity contribution in [1.82, 2.24) is 4.57 Å². The van der Waals surface area contributed by atoms with Crippen molar-refractivity contribution in [3.63, 3.8) is 0 Å². The summed E-state index contributed by atoms with van der Waals surface area (Å²) in [7, 11) is 0. The lowest BCUT2D eigenvalue weighted by Gasteiger charge is -2.08. The number of benzene rings is 3. The van der Waals surface area contributed by atoms with E-state index in [4.69, 9.17) is 16.3 Å². The van der Waals surface area contributed by atoms with Crippen LogP contribution in [-0.4, -0.2) is 22.9 Å². The van der Waals surface area contributed by atoms with Gasteiger partial charge in [0.25, 0.3) is 0 Å². The van der Waals surface area contributed by atoms with Gasteiger partial charge in [0.15, 0.2) is 5.78 Å². The van der Waals surface area contributed by atoms with Crippen molar-refractivity contribution in [3.8, 4) is 5.69 Å². The minimum Gasteiger partial charge on any atom is -0.462 e. The Kier molecular flexibility index (Phi) is 5.38. The first-order chi connectivity index (χ1) is 14.5. The van der Waals surface area contributed by atoms with Crippen LogP contribution in [0.25, 0.3) is 16.6 Å². The molecule has 4 nitrogen and oxygen atoms in total. The topological polar surface area (TPSA) is 48.3 Å². The Morgan fingerprint density at radius 1 is 1.00 bits per heavy atom. The molecule has 1 heterocycles. The summed E-state index contributed by atoms with van der Waals surface area (Å²) in [6, 6.07) is 18.2. The van der Waals surface area contributed by atoms with E-state index in [1.54, 1.807) is 54.1 Å². The Labute approximate surface area is 177 Å². The molecule has 0 N–H and O–H groups in total. The van der Waals surface area contributed by atoms with Crippen molar-refractivity contribution in [1.29, 1.82) is 0 Å². The molecule has 1 aromatic heterocycles. The maximum atomic E-state index is 14.9. The molecule has 3 aromatic carbocycles. The number of rotatable bonds is 5. The van der Waals surface area contributed by atoms with Crippen LogP contribution in [-0.2, 0) is 4.74 Å². The number of halogens is 2. The molecule has 0 aliphatic rings. The molecule has 0 fully saturated rings. The zero-order valence-electron chi connectivity index (χ0n) is 16.1. The average Bonchev–Trinajstić information content (AvgIpc) is 3.13. The molecule has 0 atom stereocenters. The van der Waals surface area contributed by atoms with Gasteiger partial charge < -0.3 is 9.30 Å². The fraction of sp³-hybridized carbons (Fsp3) is 0.0833. The number of fused-ring (bicyclic) bond motifs is 1. The molecule has 4 rings (SSSR count). The third-order valence-corrected chi connectivity index (χ3v) is 5.12. The number of para-hydroxylation sites is 1. The van der Waals surface area contributed by atoms with Crippen LogP contribution in [0.2, 0.25) is 5.02 Å². The van der Waals surface area contributed by atoms with Gasteiger partial charge in [-0.25, -0.2) is 9.18 Å². The molecule has 0 saturated carbocycles. The highest BCUT2D eigenvalue weighted by Crippen LogP contribution is 2.30. The van der Waals surface area contributed by atoms with Crippen LogP contribution >= 0.6 is 11.6 Å². The van der Waals surface area contributed by atoms with Gasteiger partial charge in [0, 0.05) is 22.7 Å². The highest BCUT2D eigenvalue weighted by molar-refractivity contribution is 6.35. The van der Waals surface area contributed by atoms with Crippen LogP contribution in [0.5, 0.6) is 0 Å². The van der Waals surface area contributed by atoms with Gasteiger partial charge in [-0.2, -0.15) is 0 Å². The van der Waals surface area contributed by atoms with Crippen LogP contribution in [0.3, 0.4) is 0 Å². The Balaban J connectivity index is 1.85. The van der Waals surface area contributed by atoms with Crippen molar-refractivity contribution in [2.24, 2.45) is 0 Å². The molecule has 0 bridgehead atoms. The van der Waals surface area contributed by atoms with Crippen LogP contribution in [0.15, 0.2) is 72.9 Å². The predicted molar refractivity (Wildman–Crippen MR) is 114 cm³/mol. The third kappa shape index (κ3) is 3.48. The van der Waals surface area contributed by atoms with E-state index in [-0.39, 0.29) is 23.6 Å². The van der Waals surface area contributed by atoms with E-state index < -0.39 is 11.8 Å². The molecule has 6 heteroatoms. The Morgan fingerprint density at radius 2 is 1.73 bits per heavy atom. The third-order valence-electron chi connectivity index (χ3n) is 4.79. The molecule has 0 aliphatic carbocycles. The second-order valence-corrected chi connectivity index (χ2v) is 7.03. The highest BCUT2D eigenvalue weighted by atomic mass is 35.5. The Hall–Kier alpha value is -3.44. The van der Waals surface area contributed by atoms with E-state index in [1.807, 2.05) is 12.1 Å². The number of ether oxygens (including phenoxy) is 1. The van der Waals surface area contributed by atoms with Crippen molar-refractivity contribution in [2.45, 2.75) is 6.92 Å². The van der Waals surface area contributed by atoms with Crippen LogP contribution < -0.4 is 0 Å². The van der Waals surface area contributed by atoms with Gasteiger partial charge >= 0.3 is 5.97 Å². The molecule has 0 unspecified atom stereocenters. The smallest absolute Gasteiger partial charge is 0.338 e. The Bertz CT molecular complexity index is 1280. The number of carbonyl (C=O) groups excluding carboxylic acids is 2. The van der Waals surface area contributed by atoms with Crippen LogP contribution in [0.1, 0.15) is 33.2 Å². The normalized spacial score (nSPS) is 10.9. The minimum absolute atomic E-state index is 0.127. The summed E-state index contributed by atoms with van der Waals surface area (Å²) in [5, 5.41) is 1.03. The lowest BCUT2D eigenvalue weighted by Crippen LogP contribution is -2.06. The number of aromatic nitrogens is 1. The number of nitrogens with zero attached hydrogens (tertiary/aromatic N) is 1. The fourth-order valence-electron chi connectivity index (χ4n) is 3.39. The summed E-state index contributed by atoms with van der Waals surface area (Å²) in [5.74, 6) is -1.44. The second-order valence-electron chi connectivity index (χ2n) is 6.63.